The maximum absolute atomic E-state index is 12.8. The number of aromatic nitrogens is 2. The van der Waals surface area contributed by atoms with E-state index in [1.54, 1.807) is 18.3 Å². The molecule has 0 aliphatic heterocycles. The van der Waals surface area contributed by atoms with Crippen molar-refractivity contribution in [1.82, 2.24) is 9.97 Å². The van der Waals surface area contributed by atoms with Crippen molar-refractivity contribution in [1.29, 1.82) is 5.26 Å². The second-order valence-electron chi connectivity index (χ2n) is 7.16. The van der Waals surface area contributed by atoms with Gasteiger partial charge in [-0.3, -0.25) is 4.79 Å². The molecule has 1 radical (unpaired) electrons. The van der Waals surface area contributed by atoms with E-state index in [-0.39, 0.29) is 5.56 Å². The Labute approximate surface area is 179 Å². The molecule has 5 rings (SSSR count). The minimum Gasteiger partial charge on any atom is -0.328 e. The van der Waals surface area contributed by atoms with Crippen LogP contribution in [0.4, 0.5) is 0 Å². The first kappa shape index (κ1) is 18.5. The molecule has 0 fully saturated rings. The van der Waals surface area contributed by atoms with Crippen LogP contribution in [0.1, 0.15) is 5.56 Å². The SMILES string of the molecule is N#Cc1ccc(-c2c[nH]c(=O)c3cc(-c4ccccc4)c(-c4cc[c]cc4)nc23)cc1. The smallest absolute Gasteiger partial charge is 0.257 e. The van der Waals surface area contributed by atoms with Crippen LogP contribution in [0.3, 0.4) is 0 Å². The zero-order valence-corrected chi connectivity index (χ0v) is 16.5. The lowest BCUT2D eigenvalue weighted by molar-refractivity contribution is 1.26. The quantitative estimate of drug-likeness (QED) is 0.430. The molecule has 0 unspecified atom stereocenters. The number of benzene rings is 3. The van der Waals surface area contributed by atoms with Gasteiger partial charge in [0.1, 0.15) is 0 Å². The van der Waals surface area contributed by atoms with Crippen molar-refractivity contribution in [2.24, 2.45) is 0 Å². The number of hydrogen-bond acceptors (Lipinski definition) is 3. The van der Waals surface area contributed by atoms with Crippen LogP contribution in [-0.2, 0) is 0 Å². The Morgan fingerprint density at radius 3 is 2.26 bits per heavy atom. The second kappa shape index (κ2) is 7.74. The first-order valence-corrected chi connectivity index (χ1v) is 9.83. The van der Waals surface area contributed by atoms with Gasteiger partial charge < -0.3 is 4.98 Å². The molecule has 2 heterocycles. The molecular weight excluding hydrogens is 382 g/mol. The number of nitrogens with zero attached hydrogens (tertiary/aromatic N) is 2. The van der Waals surface area contributed by atoms with Gasteiger partial charge in [0.2, 0.25) is 0 Å². The summed E-state index contributed by atoms with van der Waals surface area (Å²) in [6, 6.07) is 31.9. The van der Waals surface area contributed by atoms with Crippen molar-refractivity contribution in [3.8, 4) is 39.6 Å². The third-order valence-electron chi connectivity index (χ3n) is 5.27. The van der Waals surface area contributed by atoms with E-state index in [0.717, 1.165) is 33.5 Å². The number of nitrogens with one attached hydrogen (secondary N) is 1. The van der Waals surface area contributed by atoms with Gasteiger partial charge in [-0.2, -0.15) is 5.26 Å². The summed E-state index contributed by atoms with van der Waals surface area (Å²) < 4.78 is 0. The van der Waals surface area contributed by atoms with Crippen LogP contribution in [0.5, 0.6) is 0 Å². The lowest BCUT2D eigenvalue weighted by Crippen LogP contribution is -2.08. The lowest BCUT2D eigenvalue weighted by atomic mass is 9.96. The van der Waals surface area contributed by atoms with E-state index in [4.69, 9.17) is 10.2 Å². The highest BCUT2D eigenvalue weighted by atomic mass is 16.1. The van der Waals surface area contributed by atoms with Crippen molar-refractivity contribution in [3.05, 3.63) is 113 Å². The molecule has 1 N–H and O–H groups in total. The van der Waals surface area contributed by atoms with Gasteiger partial charge in [0.05, 0.1) is 28.2 Å². The van der Waals surface area contributed by atoms with Crippen molar-refractivity contribution in [3.63, 3.8) is 0 Å². The van der Waals surface area contributed by atoms with E-state index in [9.17, 15) is 4.79 Å². The summed E-state index contributed by atoms with van der Waals surface area (Å²) in [4.78, 5) is 20.6. The Bertz CT molecular complexity index is 1480. The fourth-order valence-corrected chi connectivity index (χ4v) is 3.72. The molecule has 31 heavy (non-hydrogen) atoms. The predicted octanol–water partition coefficient (Wildman–Crippen LogP) is 5.60. The zero-order chi connectivity index (χ0) is 21.2. The maximum Gasteiger partial charge on any atom is 0.257 e. The molecular formula is C27H16N3O. The molecule has 0 bridgehead atoms. The largest absolute Gasteiger partial charge is 0.328 e. The molecule has 5 aromatic rings. The average Bonchev–Trinajstić information content (AvgIpc) is 2.85. The summed E-state index contributed by atoms with van der Waals surface area (Å²) in [5, 5.41) is 9.62. The second-order valence-corrected chi connectivity index (χ2v) is 7.16. The van der Waals surface area contributed by atoms with Crippen molar-refractivity contribution in [2.45, 2.75) is 0 Å². The number of pyridine rings is 2. The Hall–Kier alpha value is -4.49. The van der Waals surface area contributed by atoms with Gasteiger partial charge in [0.15, 0.2) is 0 Å². The summed E-state index contributed by atoms with van der Waals surface area (Å²) >= 11 is 0. The first-order chi connectivity index (χ1) is 15.2. The molecule has 4 nitrogen and oxygen atoms in total. The summed E-state index contributed by atoms with van der Waals surface area (Å²) in [5.41, 5.74) is 6.33. The van der Waals surface area contributed by atoms with Crippen molar-refractivity contribution >= 4 is 10.9 Å². The maximum atomic E-state index is 12.8. The Morgan fingerprint density at radius 2 is 1.55 bits per heavy atom. The minimum atomic E-state index is -0.190. The Morgan fingerprint density at radius 1 is 0.839 bits per heavy atom. The standard InChI is InChI=1S/C27H16N3O/c28-16-18-11-13-20(14-12-18)24-17-29-27(31)23-15-22(19-7-3-1-4-8-19)25(30-26(23)24)21-9-5-2-6-10-21/h1,3-15,17H,(H,29,31). The summed E-state index contributed by atoms with van der Waals surface area (Å²) in [6.45, 7) is 0. The molecule has 0 amide bonds. The van der Waals surface area contributed by atoms with Gasteiger partial charge in [0.25, 0.3) is 5.56 Å². The Kier molecular flexibility index (Phi) is 4.62. The van der Waals surface area contributed by atoms with Crippen LogP contribution < -0.4 is 5.56 Å². The summed E-state index contributed by atoms with van der Waals surface area (Å²) in [6.07, 6.45) is 1.68. The highest BCUT2D eigenvalue weighted by molar-refractivity contribution is 5.98. The van der Waals surface area contributed by atoms with E-state index in [2.05, 4.69) is 17.1 Å². The van der Waals surface area contributed by atoms with Gasteiger partial charge >= 0.3 is 0 Å². The minimum absolute atomic E-state index is 0.190. The van der Waals surface area contributed by atoms with Crippen LogP contribution in [-0.4, -0.2) is 9.97 Å². The molecule has 4 heteroatoms. The van der Waals surface area contributed by atoms with E-state index in [1.807, 2.05) is 72.8 Å². The lowest BCUT2D eigenvalue weighted by Gasteiger charge is -2.13. The van der Waals surface area contributed by atoms with Gasteiger partial charge in [-0.15, -0.1) is 0 Å². The predicted molar refractivity (Wildman–Crippen MR) is 122 cm³/mol. The topological polar surface area (TPSA) is 69.5 Å². The molecule has 0 saturated heterocycles. The van der Waals surface area contributed by atoms with Crippen molar-refractivity contribution < 1.29 is 0 Å². The van der Waals surface area contributed by atoms with Gasteiger partial charge in [-0.25, -0.2) is 4.98 Å². The number of aromatic amines is 1. The number of fused-ring (bicyclic) bond motifs is 1. The summed E-state index contributed by atoms with van der Waals surface area (Å²) in [7, 11) is 0. The fraction of sp³-hybridized carbons (Fsp3) is 0. The molecule has 145 valence electrons. The molecule has 0 saturated carbocycles. The van der Waals surface area contributed by atoms with Crippen LogP contribution in [0.2, 0.25) is 0 Å². The van der Waals surface area contributed by atoms with Gasteiger partial charge in [0, 0.05) is 22.9 Å². The Balaban J connectivity index is 1.84. The van der Waals surface area contributed by atoms with E-state index < -0.39 is 0 Å². The molecule has 0 aliphatic carbocycles. The van der Waals surface area contributed by atoms with E-state index in [1.165, 1.54) is 0 Å². The van der Waals surface area contributed by atoms with Crippen LogP contribution >= 0.6 is 0 Å². The number of H-pyrrole nitrogens is 1. The number of nitriles is 1. The fourth-order valence-electron chi connectivity index (χ4n) is 3.72. The molecule has 2 aromatic heterocycles. The van der Waals surface area contributed by atoms with E-state index >= 15 is 0 Å². The van der Waals surface area contributed by atoms with Gasteiger partial charge in [-0.05, 0) is 35.4 Å². The highest BCUT2D eigenvalue weighted by Gasteiger charge is 2.16. The molecule has 0 atom stereocenters. The molecule has 0 aliphatic rings. The number of rotatable bonds is 3. The van der Waals surface area contributed by atoms with Gasteiger partial charge in [-0.1, -0.05) is 66.7 Å². The highest BCUT2D eigenvalue weighted by Crippen LogP contribution is 2.35. The monoisotopic (exact) mass is 398 g/mol. The summed E-state index contributed by atoms with van der Waals surface area (Å²) in [5.74, 6) is 0. The molecule has 3 aromatic carbocycles. The van der Waals surface area contributed by atoms with E-state index in [0.29, 0.717) is 16.5 Å². The third-order valence-corrected chi connectivity index (χ3v) is 5.27. The van der Waals surface area contributed by atoms with Crippen LogP contribution in [0, 0.1) is 17.4 Å². The first-order valence-electron chi connectivity index (χ1n) is 9.83. The number of hydrogen-bond donors (Lipinski definition) is 1. The van der Waals surface area contributed by atoms with Crippen LogP contribution in [0.25, 0.3) is 44.4 Å². The average molecular weight is 398 g/mol. The third kappa shape index (κ3) is 3.39. The normalized spacial score (nSPS) is 10.7. The van der Waals surface area contributed by atoms with Crippen molar-refractivity contribution in [2.75, 3.05) is 0 Å². The zero-order valence-electron chi connectivity index (χ0n) is 16.5. The van der Waals surface area contributed by atoms with Crippen LogP contribution in [0.15, 0.2) is 95.9 Å². The molecule has 0 spiro atoms.